The number of nitrogens with one attached hydrogen (secondary N) is 1. The summed E-state index contributed by atoms with van der Waals surface area (Å²) in [5.74, 6) is 2.13. The third-order valence-corrected chi connectivity index (χ3v) is 3.11. The van der Waals surface area contributed by atoms with Crippen LogP contribution >= 0.6 is 0 Å². The molecule has 1 nitrogen and oxygen atoms in total. The highest BCUT2D eigenvalue weighted by atomic mass is 14.9. The molecule has 2 aliphatic rings. The normalized spacial score (nSPS) is 48.3. The van der Waals surface area contributed by atoms with Gasteiger partial charge in [0.25, 0.3) is 0 Å². The second-order valence-corrected chi connectivity index (χ2v) is 3.57. The van der Waals surface area contributed by atoms with E-state index in [-0.39, 0.29) is 0 Å². The fraction of sp³-hybridized carbons (Fsp3) is 1.00. The lowest BCUT2D eigenvalue weighted by molar-refractivity contribution is 0.372. The number of hydrogen-bond acceptors (Lipinski definition) is 1. The summed E-state index contributed by atoms with van der Waals surface area (Å²) in [6.07, 6.45) is 5.99. The van der Waals surface area contributed by atoms with Gasteiger partial charge >= 0.3 is 0 Å². The zero-order valence-electron chi connectivity index (χ0n) is 6.06. The molecule has 0 spiro atoms. The molecule has 0 aromatic carbocycles. The summed E-state index contributed by atoms with van der Waals surface area (Å²) in [6.45, 7) is 0. The van der Waals surface area contributed by atoms with Crippen molar-refractivity contribution >= 4 is 0 Å². The molecule has 9 heavy (non-hydrogen) atoms. The van der Waals surface area contributed by atoms with Gasteiger partial charge in [0.2, 0.25) is 0 Å². The third-order valence-electron chi connectivity index (χ3n) is 3.11. The highest BCUT2D eigenvalue weighted by Gasteiger charge is 2.38. The highest BCUT2D eigenvalue weighted by molar-refractivity contribution is 4.93. The van der Waals surface area contributed by atoms with Gasteiger partial charge in [0.05, 0.1) is 0 Å². The minimum Gasteiger partial charge on any atom is -0.317 e. The van der Waals surface area contributed by atoms with Gasteiger partial charge in [0.15, 0.2) is 0 Å². The van der Waals surface area contributed by atoms with E-state index in [2.05, 4.69) is 12.4 Å². The van der Waals surface area contributed by atoms with Crippen LogP contribution in [0.1, 0.15) is 25.7 Å². The van der Waals surface area contributed by atoms with Crippen molar-refractivity contribution in [2.75, 3.05) is 7.05 Å². The van der Waals surface area contributed by atoms with E-state index in [1.165, 1.54) is 25.7 Å². The molecule has 0 aromatic rings. The lowest BCUT2D eigenvalue weighted by Crippen LogP contribution is -2.30. The molecule has 2 aliphatic carbocycles. The van der Waals surface area contributed by atoms with Gasteiger partial charge in [-0.15, -0.1) is 0 Å². The summed E-state index contributed by atoms with van der Waals surface area (Å²) < 4.78 is 0. The van der Waals surface area contributed by atoms with Crippen LogP contribution in [-0.4, -0.2) is 13.1 Å². The van der Waals surface area contributed by atoms with Crippen LogP contribution in [0, 0.1) is 11.8 Å². The van der Waals surface area contributed by atoms with E-state index in [0.717, 1.165) is 17.9 Å². The smallest absolute Gasteiger partial charge is 0.00950 e. The van der Waals surface area contributed by atoms with E-state index in [1.807, 2.05) is 0 Å². The predicted molar refractivity (Wildman–Crippen MR) is 38.3 cm³/mol. The Balaban J connectivity index is 2.01. The number of hydrogen-bond donors (Lipinski definition) is 1. The van der Waals surface area contributed by atoms with Crippen molar-refractivity contribution < 1.29 is 0 Å². The molecular weight excluding hydrogens is 110 g/mol. The number of fused-ring (bicyclic) bond motifs is 2. The summed E-state index contributed by atoms with van der Waals surface area (Å²) in [6, 6.07) is 0.878. The summed E-state index contributed by atoms with van der Waals surface area (Å²) in [4.78, 5) is 0. The minimum absolute atomic E-state index is 0.878. The molecule has 2 rings (SSSR count). The molecule has 2 fully saturated rings. The molecule has 52 valence electrons. The summed E-state index contributed by atoms with van der Waals surface area (Å²) in [5.41, 5.74) is 0. The van der Waals surface area contributed by atoms with Gasteiger partial charge in [-0.2, -0.15) is 0 Å². The van der Waals surface area contributed by atoms with Crippen LogP contribution < -0.4 is 5.32 Å². The molecule has 0 saturated heterocycles. The van der Waals surface area contributed by atoms with Crippen LogP contribution in [-0.2, 0) is 0 Å². The first-order valence-corrected chi connectivity index (χ1v) is 4.07. The maximum atomic E-state index is 3.40. The average molecular weight is 125 g/mol. The van der Waals surface area contributed by atoms with Gasteiger partial charge in [-0.25, -0.2) is 0 Å². The molecule has 1 N–H and O–H groups in total. The average Bonchev–Trinajstić information content (AvgIpc) is 2.45. The molecule has 3 atom stereocenters. The van der Waals surface area contributed by atoms with Crippen molar-refractivity contribution in [3.8, 4) is 0 Å². The Morgan fingerprint density at radius 2 is 2.11 bits per heavy atom. The van der Waals surface area contributed by atoms with Crippen LogP contribution in [0.3, 0.4) is 0 Å². The zero-order chi connectivity index (χ0) is 6.27. The molecule has 0 aromatic heterocycles. The van der Waals surface area contributed by atoms with Gasteiger partial charge in [-0.1, -0.05) is 6.42 Å². The van der Waals surface area contributed by atoms with Crippen molar-refractivity contribution in [1.82, 2.24) is 5.32 Å². The molecule has 0 heterocycles. The van der Waals surface area contributed by atoms with E-state index in [9.17, 15) is 0 Å². The Bertz CT molecular complexity index is 111. The molecule has 0 aliphatic heterocycles. The maximum Gasteiger partial charge on any atom is 0.00950 e. The minimum atomic E-state index is 0.878. The molecule has 2 saturated carbocycles. The quantitative estimate of drug-likeness (QED) is 0.558. The predicted octanol–water partition coefficient (Wildman–Crippen LogP) is 1.39. The Labute approximate surface area is 56.8 Å². The first-order valence-electron chi connectivity index (χ1n) is 4.07. The molecular formula is C8H15N. The highest BCUT2D eigenvalue weighted by Crippen LogP contribution is 2.44. The molecule has 0 unspecified atom stereocenters. The number of rotatable bonds is 1. The third kappa shape index (κ3) is 0.787. The zero-order valence-corrected chi connectivity index (χ0v) is 6.06. The van der Waals surface area contributed by atoms with Crippen LogP contribution in [0.25, 0.3) is 0 Å². The summed E-state index contributed by atoms with van der Waals surface area (Å²) in [5, 5.41) is 3.40. The monoisotopic (exact) mass is 125 g/mol. The second-order valence-electron chi connectivity index (χ2n) is 3.57. The topological polar surface area (TPSA) is 12.0 Å². The van der Waals surface area contributed by atoms with Crippen molar-refractivity contribution in [1.29, 1.82) is 0 Å². The van der Waals surface area contributed by atoms with Crippen molar-refractivity contribution in [2.45, 2.75) is 31.7 Å². The van der Waals surface area contributed by atoms with Crippen LogP contribution in [0.5, 0.6) is 0 Å². The van der Waals surface area contributed by atoms with Gasteiger partial charge < -0.3 is 5.32 Å². The lowest BCUT2D eigenvalue weighted by Gasteiger charge is -2.20. The lowest BCUT2D eigenvalue weighted by atomic mass is 9.96. The standard InChI is InChI=1S/C8H15N/c1-9-8-5-6-2-3-7(8)4-6/h6-9H,2-5H2,1H3/t6-,7+,8-/m1/s1. The van der Waals surface area contributed by atoms with E-state index < -0.39 is 0 Å². The summed E-state index contributed by atoms with van der Waals surface area (Å²) >= 11 is 0. The van der Waals surface area contributed by atoms with E-state index in [0.29, 0.717) is 0 Å². The molecule has 0 radical (unpaired) electrons. The fourth-order valence-electron chi connectivity index (χ4n) is 2.60. The Kier molecular flexibility index (Phi) is 1.26. The molecule has 2 bridgehead atoms. The van der Waals surface area contributed by atoms with E-state index in [4.69, 9.17) is 0 Å². The van der Waals surface area contributed by atoms with Gasteiger partial charge in [-0.05, 0) is 38.1 Å². The van der Waals surface area contributed by atoms with Crippen LogP contribution in [0.2, 0.25) is 0 Å². The summed E-state index contributed by atoms with van der Waals surface area (Å²) in [7, 11) is 2.10. The van der Waals surface area contributed by atoms with Gasteiger partial charge in [0.1, 0.15) is 0 Å². The van der Waals surface area contributed by atoms with Gasteiger partial charge in [0, 0.05) is 6.04 Å². The van der Waals surface area contributed by atoms with E-state index >= 15 is 0 Å². The van der Waals surface area contributed by atoms with Gasteiger partial charge in [-0.3, -0.25) is 0 Å². The SMILES string of the molecule is CN[C@@H]1C[C@@H]2CC[C@H]1C2. The maximum absolute atomic E-state index is 3.40. The largest absolute Gasteiger partial charge is 0.317 e. The second kappa shape index (κ2) is 1.98. The fourth-order valence-corrected chi connectivity index (χ4v) is 2.60. The van der Waals surface area contributed by atoms with Crippen molar-refractivity contribution in [2.24, 2.45) is 11.8 Å². The first-order chi connectivity index (χ1) is 4.40. The van der Waals surface area contributed by atoms with Crippen molar-refractivity contribution in [3.05, 3.63) is 0 Å². The van der Waals surface area contributed by atoms with Crippen molar-refractivity contribution in [3.63, 3.8) is 0 Å². The first kappa shape index (κ1) is 5.72. The molecule has 1 heteroatoms. The van der Waals surface area contributed by atoms with E-state index in [1.54, 1.807) is 0 Å². The Hall–Kier alpha value is -0.0400. The Morgan fingerprint density at radius 3 is 2.44 bits per heavy atom. The van der Waals surface area contributed by atoms with Crippen LogP contribution in [0.4, 0.5) is 0 Å². The van der Waals surface area contributed by atoms with Crippen LogP contribution in [0.15, 0.2) is 0 Å². The molecule has 0 amide bonds. The Morgan fingerprint density at radius 1 is 1.22 bits per heavy atom.